The number of nitrogens with one attached hydrogen (secondary N) is 1. The van der Waals surface area contributed by atoms with Crippen molar-refractivity contribution in [3.63, 3.8) is 0 Å². The summed E-state index contributed by atoms with van der Waals surface area (Å²) in [6.07, 6.45) is 0.802. The molecule has 1 N–H and O–H groups in total. The van der Waals surface area contributed by atoms with E-state index in [2.05, 4.69) is 0 Å². The SMILES string of the molecule is N#Cc1ccc(-c2ccc(SC(=O)CC(=O)Sc3ccc(-c4ccc(C=N)cc4)c(F)c3)cc2F)cc1. The van der Waals surface area contributed by atoms with Gasteiger partial charge in [0.25, 0.3) is 0 Å². The van der Waals surface area contributed by atoms with Gasteiger partial charge in [-0.15, -0.1) is 0 Å². The van der Waals surface area contributed by atoms with Crippen LogP contribution < -0.4 is 0 Å². The Balaban J connectivity index is 1.36. The van der Waals surface area contributed by atoms with Gasteiger partial charge in [-0.2, -0.15) is 5.26 Å². The predicted molar refractivity (Wildman–Crippen MR) is 143 cm³/mol. The highest BCUT2D eigenvalue weighted by molar-refractivity contribution is 8.15. The van der Waals surface area contributed by atoms with Crippen LogP contribution in [-0.2, 0) is 9.59 Å². The molecule has 0 aliphatic heterocycles. The molecule has 0 aromatic heterocycles. The molecule has 4 aromatic carbocycles. The average Bonchev–Trinajstić information content (AvgIpc) is 2.89. The second-order valence-electron chi connectivity index (χ2n) is 7.86. The van der Waals surface area contributed by atoms with Crippen molar-refractivity contribution in [2.75, 3.05) is 0 Å². The fourth-order valence-corrected chi connectivity index (χ4v) is 5.14. The van der Waals surface area contributed by atoms with E-state index in [4.69, 9.17) is 10.7 Å². The van der Waals surface area contributed by atoms with Crippen LogP contribution in [-0.4, -0.2) is 16.4 Å². The first-order valence-corrected chi connectivity index (χ1v) is 12.6. The molecule has 0 fully saturated rings. The molecule has 37 heavy (non-hydrogen) atoms. The van der Waals surface area contributed by atoms with Crippen LogP contribution in [0.5, 0.6) is 0 Å². The van der Waals surface area contributed by atoms with Crippen LogP contribution in [0.2, 0.25) is 0 Å². The minimum absolute atomic E-state index is 0.337. The van der Waals surface area contributed by atoms with Crippen LogP contribution in [0.3, 0.4) is 0 Å². The first kappa shape index (κ1) is 26.0. The molecular weight excluding hydrogens is 510 g/mol. The molecule has 0 amide bonds. The zero-order valence-corrected chi connectivity index (χ0v) is 20.8. The highest BCUT2D eigenvalue weighted by atomic mass is 32.2. The molecule has 4 nitrogen and oxygen atoms in total. The number of thioether (sulfide) groups is 2. The maximum atomic E-state index is 14.7. The quantitative estimate of drug-likeness (QED) is 0.153. The fourth-order valence-electron chi connectivity index (χ4n) is 3.52. The molecule has 0 aliphatic rings. The normalized spacial score (nSPS) is 10.5. The lowest BCUT2D eigenvalue weighted by Gasteiger charge is -2.07. The van der Waals surface area contributed by atoms with Gasteiger partial charge in [0, 0.05) is 27.1 Å². The van der Waals surface area contributed by atoms with Gasteiger partial charge in [0.1, 0.15) is 11.6 Å². The molecule has 0 unspecified atom stereocenters. The lowest BCUT2D eigenvalue weighted by atomic mass is 10.0. The standard InChI is InChI=1S/C29H18F2N2O2S2/c30-26-13-22(9-11-24(26)20-5-1-18(16-32)2-6-20)36-28(34)15-29(35)37-23-10-12-25(27(31)14-23)21-7-3-19(17-33)4-8-21/h1-14,16,32H,15H2. The monoisotopic (exact) mass is 528 g/mol. The lowest BCUT2D eigenvalue weighted by Crippen LogP contribution is -2.01. The summed E-state index contributed by atoms with van der Waals surface area (Å²) < 4.78 is 29.3. The van der Waals surface area contributed by atoms with Crippen LogP contribution in [0.1, 0.15) is 17.5 Å². The summed E-state index contributed by atoms with van der Waals surface area (Å²) >= 11 is 1.54. The number of nitriles is 1. The third-order valence-electron chi connectivity index (χ3n) is 5.35. The Morgan fingerprint density at radius 2 is 1.22 bits per heavy atom. The van der Waals surface area contributed by atoms with Crippen LogP contribution >= 0.6 is 23.5 Å². The molecule has 0 spiro atoms. The van der Waals surface area contributed by atoms with E-state index in [1.165, 1.54) is 18.3 Å². The highest BCUT2D eigenvalue weighted by Gasteiger charge is 2.16. The number of rotatable bonds is 7. The van der Waals surface area contributed by atoms with Gasteiger partial charge in [0.15, 0.2) is 0 Å². The van der Waals surface area contributed by atoms with Gasteiger partial charge >= 0.3 is 0 Å². The maximum absolute atomic E-state index is 14.7. The minimum Gasteiger partial charge on any atom is -0.308 e. The van der Waals surface area contributed by atoms with Crippen LogP contribution in [0, 0.1) is 28.4 Å². The Kier molecular flexibility index (Phi) is 8.29. The summed E-state index contributed by atoms with van der Waals surface area (Å²) in [6.45, 7) is 0. The molecule has 182 valence electrons. The number of carbonyl (C=O) groups is 2. The van der Waals surface area contributed by atoms with Crippen LogP contribution in [0.25, 0.3) is 22.3 Å². The van der Waals surface area contributed by atoms with Gasteiger partial charge in [0.2, 0.25) is 10.2 Å². The van der Waals surface area contributed by atoms with E-state index < -0.39 is 28.3 Å². The van der Waals surface area contributed by atoms with E-state index in [1.54, 1.807) is 72.8 Å². The Hall–Kier alpha value is -4.06. The van der Waals surface area contributed by atoms with Crippen LogP contribution in [0.4, 0.5) is 8.78 Å². The highest BCUT2D eigenvalue weighted by Crippen LogP contribution is 2.31. The third kappa shape index (κ3) is 6.58. The Morgan fingerprint density at radius 3 is 1.62 bits per heavy atom. The van der Waals surface area contributed by atoms with E-state index in [9.17, 15) is 18.4 Å². The number of halogens is 2. The predicted octanol–water partition coefficient (Wildman–Crippen LogP) is 7.50. The molecule has 0 bridgehead atoms. The first-order chi connectivity index (χ1) is 17.9. The summed E-state index contributed by atoms with van der Waals surface area (Å²) in [4.78, 5) is 25.5. The van der Waals surface area contributed by atoms with Gasteiger partial charge in [-0.1, -0.05) is 72.1 Å². The average molecular weight is 529 g/mol. The second kappa shape index (κ2) is 11.8. The molecular formula is C29H18F2N2O2S2. The summed E-state index contributed by atoms with van der Waals surface area (Å²) in [7, 11) is 0. The lowest BCUT2D eigenvalue weighted by molar-refractivity contribution is -0.117. The zero-order chi connectivity index (χ0) is 26.4. The molecule has 0 atom stereocenters. The van der Waals surface area contributed by atoms with Gasteiger partial charge in [0.05, 0.1) is 18.1 Å². The van der Waals surface area contributed by atoms with Gasteiger partial charge in [-0.25, -0.2) is 8.78 Å². The molecule has 0 saturated carbocycles. The minimum atomic E-state index is -0.522. The van der Waals surface area contributed by atoms with Gasteiger partial charge in [-0.3, -0.25) is 9.59 Å². The van der Waals surface area contributed by atoms with Crippen molar-refractivity contribution in [1.29, 1.82) is 10.7 Å². The zero-order valence-electron chi connectivity index (χ0n) is 19.2. The summed E-state index contributed by atoms with van der Waals surface area (Å²) in [5.74, 6) is -1.02. The van der Waals surface area contributed by atoms with Crippen molar-refractivity contribution in [3.05, 3.63) is 108 Å². The van der Waals surface area contributed by atoms with Crippen LogP contribution in [0.15, 0.2) is 94.7 Å². The number of hydrogen-bond donors (Lipinski definition) is 1. The van der Waals surface area contributed by atoms with Crippen molar-refractivity contribution < 1.29 is 18.4 Å². The van der Waals surface area contributed by atoms with Gasteiger partial charge in [-0.05, 0) is 53.1 Å². The summed E-state index contributed by atoms with van der Waals surface area (Å²) in [5, 5.41) is 15.2. The fraction of sp³-hybridized carbons (Fsp3) is 0.0345. The van der Waals surface area contributed by atoms with Crippen molar-refractivity contribution in [2.45, 2.75) is 16.2 Å². The van der Waals surface area contributed by atoms with Crippen molar-refractivity contribution >= 4 is 40.0 Å². The van der Waals surface area contributed by atoms with Crippen molar-refractivity contribution in [3.8, 4) is 28.3 Å². The third-order valence-corrected chi connectivity index (χ3v) is 7.07. The second-order valence-corrected chi connectivity index (χ2v) is 10.1. The maximum Gasteiger partial charge on any atom is 0.202 e. The molecule has 0 aliphatic carbocycles. The smallest absolute Gasteiger partial charge is 0.202 e. The van der Waals surface area contributed by atoms with E-state index in [0.717, 1.165) is 23.5 Å². The molecule has 0 radical (unpaired) electrons. The molecule has 8 heteroatoms. The van der Waals surface area contributed by atoms with E-state index in [1.807, 2.05) is 6.07 Å². The number of benzene rings is 4. The van der Waals surface area contributed by atoms with E-state index in [-0.39, 0.29) is 0 Å². The van der Waals surface area contributed by atoms with E-state index in [0.29, 0.717) is 43.2 Å². The topological polar surface area (TPSA) is 81.8 Å². The van der Waals surface area contributed by atoms with Crippen molar-refractivity contribution in [1.82, 2.24) is 0 Å². The Morgan fingerprint density at radius 1 is 0.757 bits per heavy atom. The summed E-state index contributed by atoms with van der Waals surface area (Å²) in [6, 6.07) is 24.2. The van der Waals surface area contributed by atoms with Gasteiger partial charge < -0.3 is 5.41 Å². The molecule has 4 aromatic rings. The molecule has 0 heterocycles. The molecule has 0 saturated heterocycles. The number of hydrogen-bond acceptors (Lipinski definition) is 6. The summed E-state index contributed by atoms with van der Waals surface area (Å²) in [5.41, 5.74) is 3.13. The first-order valence-electron chi connectivity index (χ1n) is 11.0. The van der Waals surface area contributed by atoms with Crippen molar-refractivity contribution in [2.24, 2.45) is 0 Å². The number of carbonyl (C=O) groups excluding carboxylic acids is 2. The van der Waals surface area contributed by atoms with E-state index >= 15 is 0 Å². The number of nitrogens with zero attached hydrogens (tertiary/aromatic N) is 1. The Bertz CT molecular complexity index is 1530. The Labute approximate surface area is 220 Å². The largest absolute Gasteiger partial charge is 0.308 e. The molecule has 4 rings (SSSR count).